The highest BCUT2D eigenvalue weighted by Crippen LogP contribution is 2.48. The zero-order valence-corrected chi connectivity index (χ0v) is 84.4. The van der Waals surface area contributed by atoms with Crippen LogP contribution >= 0.6 is 55.9 Å². The molecule has 19 unspecified atom stereocenters. The molecule has 5 heterocycles. The molecule has 7 aliphatic rings. The topological polar surface area (TPSA) is 451 Å². The summed E-state index contributed by atoms with van der Waals surface area (Å²) in [5.41, 5.74) is 2.62. The van der Waals surface area contributed by atoms with E-state index in [2.05, 4.69) is 45.1 Å². The van der Waals surface area contributed by atoms with Crippen LogP contribution in [0.4, 0.5) is 10.5 Å². The Labute approximate surface area is 810 Å². The first-order chi connectivity index (χ1) is 63.3. The molecule has 2 aliphatic carbocycles. The van der Waals surface area contributed by atoms with Gasteiger partial charge in [0.1, 0.15) is 66.3 Å². The van der Waals surface area contributed by atoms with Gasteiger partial charge in [0.05, 0.1) is 90.5 Å². The maximum atomic E-state index is 14.6. The zero-order valence-electron chi connectivity index (χ0n) is 79.8. The number of esters is 1. The quantitative estimate of drug-likeness (QED) is 0.00566. The average molecular weight is 2040 g/mol. The number of hydroxylamine groups is 1. The maximum Gasteiger partial charge on any atom is 0.407 e. The summed E-state index contributed by atoms with van der Waals surface area (Å²) in [6, 6.07) is 4.72. The number of ether oxygens (including phenoxy) is 11. The molecule has 9 rings (SSSR count). The lowest BCUT2D eigenvalue weighted by Crippen LogP contribution is -2.64. The van der Waals surface area contributed by atoms with Gasteiger partial charge < -0.3 is 98.4 Å². The number of carbonyl (C=O) groups excluding carboxylic acids is 11. The first-order valence-electron chi connectivity index (χ1n) is 45.9. The molecule has 0 spiro atoms. The number of fused-ring (bicyclic) bond motifs is 2. The van der Waals surface area contributed by atoms with Gasteiger partial charge in [-0.3, -0.25) is 52.9 Å². The number of ketones is 4. The molecule has 740 valence electrons. The number of methoxy groups -OCH3 is 3. The van der Waals surface area contributed by atoms with Gasteiger partial charge in [-0.1, -0.05) is 137 Å². The normalized spacial score (nSPS) is 28.9. The number of alkyl carbamates (subject to hydrolysis) is 1. The van der Waals surface area contributed by atoms with Crippen LogP contribution in [0.25, 0.3) is 0 Å². The standard InChI is InChI=1S/C97H134IN5O28S3/c1-19-51(2)79(101-71(109)30-24-22-26-40-103-72(110)46-66(90(103)116)95(11,12)13)67(106)42-53(4)89(115)100-62-33-31-60(32-34-62)49-124-94(118)99-39-27-28-63(105)35-38-96(14,15)134-132-41-36-65-77-64(45-73(111)120-16)69(108)48-97(65,119)37-25-21-20-23-29-70(77)128-93-87(129-74-43-52(3)61(50-123-74)44-54(5)104)82(113)80(57(8)126-93)102-131-75-47-68(107)88(59(10)125-75)133-91(117)76-55(6)78(98)85(56(7)84(76)121-17)130-92-83(114)86(122-18)81(112)58(9)127-92/h20-21,31-34,36,51-53,57-59,61,66,68,70,74-75,79-83,86-88,92-93,102,107,112-114,119H,19,22,24,26-28,30,35,38-50H2,1-18H3,(H,99,118)(H,100,115)(H,101,109)/b21-20-,65-36-/t51?,52?,53-,57?,58?,59?,61?,66?,68?,70+,74?,75?,79+,80?,81?,82?,83?,86?,87?,88?,92?,93?,97+/m1/s1. The van der Waals surface area contributed by atoms with Gasteiger partial charge in [0.15, 0.2) is 36.0 Å². The van der Waals surface area contributed by atoms with E-state index in [1.165, 1.54) is 66.9 Å². The number of amides is 5. The lowest BCUT2D eigenvalue weighted by molar-refractivity contribution is -0.335. The predicted molar refractivity (Wildman–Crippen MR) is 509 cm³/mol. The number of halogens is 1. The van der Waals surface area contributed by atoms with E-state index in [4.69, 9.17) is 56.9 Å². The number of Topliss-reactive ketones (excluding diaryl/α,β-unsaturated/α-hetero) is 4. The van der Waals surface area contributed by atoms with Gasteiger partial charge in [0, 0.05) is 116 Å². The summed E-state index contributed by atoms with van der Waals surface area (Å²) >= 11 is 2.89. The van der Waals surface area contributed by atoms with E-state index in [0.29, 0.717) is 71.0 Å². The van der Waals surface area contributed by atoms with E-state index >= 15 is 0 Å². The van der Waals surface area contributed by atoms with E-state index in [-0.39, 0.29) is 175 Å². The van der Waals surface area contributed by atoms with Crippen molar-refractivity contribution in [3.8, 4) is 35.2 Å². The molecule has 37 heteroatoms. The maximum absolute atomic E-state index is 14.6. The van der Waals surface area contributed by atoms with Crippen LogP contribution in [0.1, 0.15) is 220 Å². The van der Waals surface area contributed by atoms with Crippen molar-refractivity contribution in [3.63, 3.8) is 0 Å². The Morgan fingerprint density at radius 2 is 1.51 bits per heavy atom. The molecule has 2 aromatic rings. The van der Waals surface area contributed by atoms with Gasteiger partial charge in [0.25, 0.3) is 0 Å². The Bertz CT molecular complexity index is 4740. The van der Waals surface area contributed by atoms with Crippen molar-refractivity contribution in [1.82, 2.24) is 21.0 Å². The summed E-state index contributed by atoms with van der Waals surface area (Å²) in [6.07, 6.45) is -10.1. The number of nitrogens with one attached hydrogen (secondary N) is 4. The Balaban J connectivity index is 0.771. The van der Waals surface area contributed by atoms with Gasteiger partial charge >= 0.3 is 12.1 Å². The molecular formula is C97H134IN5O28S3. The van der Waals surface area contributed by atoms with E-state index in [1.807, 2.05) is 78.0 Å². The number of unbranched alkanes of at least 4 members (excludes halogenated alkanes) is 2. The summed E-state index contributed by atoms with van der Waals surface area (Å²) < 4.78 is 66.9. The fraction of sp³-hybridized carbons (Fsp3) is 0.660. The van der Waals surface area contributed by atoms with Crippen LogP contribution in [0.5, 0.6) is 11.5 Å². The Morgan fingerprint density at radius 3 is 2.17 bits per heavy atom. The highest BCUT2D eigenvalue weighted by molar-refractivity contribution is 14.1. The van der Waals surface area contributed by atoms with Crippen molar-refractivity contribution in [3.05, 3.63) is 85.0 Å². The molecule has 23 atom stereocenters. The second-order valence-corrected chi connectivity index (χ2v) is 42.6. The number of nitrogens with zero attached hydrogens (tertiary/aromatic N) is 1. The Kier molecular flexibility index (Phi) is 41.7. The van der Waals surface area contributed by atoms with Crippen LogP contribution in [-0.4, -0.2) is 255 Å². The SMILES string of the molecule is CCC(C)[C@H](NC(=O)CCCCCN1C(=O)CC(C(C)(C)C)C1=O)C(=O)C[C@@H](C)C(=O)Nc1ccc(COC(=O)NCCCC(=O)CCC(C)(C)SSC/C=C2/C3=C(CC(=O)OC)C(=O)C[C@@]2(O)C#C/C=C\C#C[C@@H]3OC2OC(C)C(NOC3CC(O)C(SC(=O)c4c(C)c(I)c(OC5OC(C)C(O)C(OC)C5O)c(C)c4OC)C(C)O3)C(O)C2OC2CC(C)C(CC(C)=O)CO2)cc1. The van der Waals surface area contributed by atoms with Gasteiger partial charge in [-0.2, -0.15) is 5.48 Å². The second-order valence-electron chi connectivity index (χ2n) is 37.4. The van der Waals surface area contributed by atoms with Crippen LogP contribution in [-0.2, 0) is 97.2 Å². The highest BCUT2D eigenvalue weighted by Gasteiger charge is 2.53. The van der Waals surface area contributed by atoms with Gasteiger partial charge in [0.2, 0.25) is 35.0 Å². The van der Waals surface area contributed by atoms with Crippen LogP contribution in [0, 0.1) is 76.1 Å². The van der Waals surface area contributed by atoms with E-state index < -0.39 is 162 Å². The van der Waals surface area contributed by atoms with Crippen molar-refractivity contribution >= 4 is 126 Å². The molecule has 0 radical (unpaired) electrons. The number of carbonyl (C=O) groups is 11. The fourth-order valence-corrected chi connectivity index (χ4v) is 21.5. The molecule has 33 nitrogen and oxygen atoms in total. The molecule has 5 fully saturated rings. The van der Waals surface area contributed by atoms with Crippen LogP contribution in [0.3, 0.4) is 0 Å². The highest BCUT2D eigenvalue weighted by atomic mass is 127. The average Bonchev–Trinajstić information content (AvgIpc) is 0.897. The van der Waals surface area contributed by atoms with Gasteiger partial charge in [-0.25, -0.2) is 4.79 Å². The predicted octanol–water partition coefficient (Wildman–Crippen LogP) is 10.6. The third-order valence-corrected chi connectivity index (χ3v) is 31.3. The van der Waals surface area contributed by atoms with Crippen molar-refractivity contribution in [2.24, 2.45) is 35.0 Å². The number of aliphatic hydroxyl groups excluding tert-OH is 4. The minimum absolute atomic E-state index is 0.00238. The molecule has 134 heavy (non-hydrogen) atoms. The number of likely N-dealkylation sites (tertiary alicyclic amines) is 1. The van der Waals surface area contributed by atoms with Gasteiger partial charge in [-0.05, 0) is 162 Å². The van der Waals surface area contributed by atoms with Gasteiger partial charge in [-0.15, -0.1) is 0 Å². The summed E-state index contributed by atoms with van der Waals surface area (Å²) in [6.45, 7) is 27.5. The lowest BCUT2D eigenvalue weighted by Gasteiger charge is -2.46. The van der Waals surface area contributed by atoms with Crippen molar-refractivity contribution in [2.75, 3.05) is 52.1 Å². The molecule has 9 N–H and O–H groups in total. The first kappa shape index (κ1) is 110. The van der Waals surface area contributed by atoms with Crippen LogP contribution < -0.4 is 30.9 Å². The monoisotopic (exact) mass is 2040 g/mol. The number of aliphatic hydroxyl groups is 5. The molecular weight excluding hydrogens is 1910 g/mol. The lowest BCUT2D eigenvalue weighted by atomic mass is 9.72. The second kappa shape index (κ2) is 50.6. The Morgan fingerprint density at radius 1 is 0.806 bits per heavy atom. The molecule has 2 bridgehead atoms. The third-order valence-electron chi connectivity index (χ3n) is 25.5. The molecule has 2 aromatic carbocycles. The van der Waals surface area contributed by atoms with Crippen LogP contribution in [0.15, 0.2) is 59.2 Å². The van der Waals surface area contributed by atoms with Crippen LogP contribution in [0.2, 0.25) is 0 Å². The summed E-state index contributed by atoms with van der Waals surface area (Å²) in [5.74, 6) is 8.02. The number of hydrogen-bond acceptors (Lipinski definition) is 32. The number of anilines is 1. The summed E-state index contributed by atoms with van der Waals surface area (Å²) in [7, 11) is 6.80. The minimum atomic E-state index is -2.18. The fourth-order valence-electron chi connectivity index (χ4n) is 17.1. The van der Waals surface area contributed by atoms with Crippen molar-refractivity contribution in [2.45, 2.75) is 327 Å². The first-order valence-corrected chi connectivity index (χ1v) is 50.1. The molecule has 0 saturated carbocycles. The van der Waals surface area contributed by atoms with Crippen molar-refractivity contribution < 1.29 is 135 Å². The zero-order chi connectivity index (χ0) is 98.5. The minimum Gasteiger partial charge on any atom is -0.496 e. The number of rotatable bonds is 44. The van der Waals surface area contributed by atoms with Crippen molar-refractivity contribution in [1.29, 1.82) is 0 Å². The number of allylic oxidation sites excluding steroid dienone is 2. The Hall–Kier alpha value is -7.23. The molecule has 5 amide bonds. The number of benzene rings is 2. The van der Waals surface area contributed by atoms with E-state index in [0.717, 1.165) is 11.8 Å². The van der Waals surface area contributed by atoms with E-state index in [1.54, 1.807) is 71.9 Å². The molecule has 5 aliphatic heterocycles. The molecule has 0 aromatic heterocycles. The molecule has 5 saturated heterocycles. The third kappa shape index (κ3) is 29.7. The summed E-state index contributed by atoms with van der Waals surface area (Å²) in [5, 5.41) is 66.3. The van der Waals surface area contributed by atoms with E-state index in [9.17, 15) is 78.3 Å². The largest absolute Gasteiger partial charge is 0.496 e. The smallest absolute Gasteiger partial charge is 0.407 e. The summed E-state index contributed by atoms with van der Waals surface area (Å²) in [4.78, 5) is 154. The number of hydrogen-bond donors (Lipinski definition) is 9. The number of thioether (sulfide) groups is 1. The number of imide groups is 1.